The van der Waals surface area contributed by atoms with E-state index in [1.54, 1.807) is 13.2 Å². The number of nitrogens with one attached hydrogen (secondary N) is 1. The monoisotopic (exact) mass is 277 g/mol. The van der Waals surface area contributed by atoms with Crippen molar-refractivity contribution < 1.29 is 9.84 Å². The van der Waals surface area contributed by atoms with E-state index in [-0.39, 0.29) is 0 Å². The van der Waals surface area contributed by atoms with Crippen LogP contribution in [0.1, 0.15) is 45.1 Å². The normalized spacial score (nSPS) is 23.0. The fourth-order valence-electron chi connectivity index (χ4n) is 3.27. The molecule has 1 fully saturated rings. The third-order valence-electron chi connectivity index (χ3n) is 4.52. The quantitative estimate of drug-likeness (QED) is 0.862. The van der Waals surface area contributed by atoms with Crippen LogP contribution in [0.3, 0.4) is 0 Å². The van der Waals surface area contributed by atoms with Crippen molar-refractivity contribution in [2.45, 2.75) is 52.1 Å². The van der Waals surface area contributed by atoms with Gasteiger partial charge in [0.15, 0.2) is 0 Å². The summed E-state index contributed by atoms with van der Waals surface area (Å²) in [6, 6.07) is 6.09. The predicted molar refractivity (Wildman–Crippen MR) is 82.1 cm³/mol. The minimum absolute atomic E-state index is 0.314. The molecule has 0 spiro atoms. The molecule has 2 atom stereocenters. The van der Waals surface area contributed by atoms with Gasteiger partial charge in [-0.1, -0.05) is 32.8 Å². The van der Waals surface area contributed by atoms with Gasteiger partial charge < -0.3 is 15.2 Å². The first-order chi connectivity index (χ1) is 9.61. The van der Waals surface area contributed by atoms with Crippen LogP contribution in [0.25, 0.3) is 0 Å². The summed E-state index contributed by atoms with van der Waals surface area (Å²) in [5.41, 5.74) is 0.943. The Morgan fingerprint density at radius 2 is 2.05 bits per heavy atom. The number of benzene rings is 1. The molecule has 2 rings (SSSR count). The molecular weight excluding hydrogens is 250 g/mol. The highest BCUT2D eigenvalue weighted by Crippen LogP contribution is 2.31. The van der Waals surface area contributed by atoms with Crippen molar-refractivity contribution in [1.29, 1.82) is 0 Å². The largest absolute Gasteiger partial charge is 0.507 e. The first-order valence-corrected chi connectivity index (χ1v) is 7.71. The molecule has 112 valence electrons. The van der Waals surface area contributed by atoms with E-state index in [1.807, 2.05) is 12.1 Å². The number of phenols is 1. The summed E-state index contributed by atoms with van der Waals surface area (Å²) in [7, 11) is 1.61. The minimum atomic E-state index is 0.314. The summed E-state index contributed by atoms with van der Waals surface area (Å²) in [5, 5.41) is 13.7. The smallest absolute Gasteiger partial charge is 0.123 e. The number of aromatic hydroxyl groups is 1. The van der Waals surface area contributed by atoms with E-state index in [0.29, 0.717) is 17.5 Å². The molecule has 2 N–H and O–H groups in total. The summed E-state index contributed by atoms with van der Waals surface area (Å²) in [6.07, 6.45) is 5.24. The average molecular weight is 277 g/mol. The molecule has 0 aliphatic heterocycles. The van der Waals surface area contributed by atoms with Crippen LogP contribution in [0.15, 0.2) is 18.2 Å². The van der Waals surface area contributed by atoms with Gasteiger partial charge in [-0.3, -0.25) is 0 Å². The Balaban J connectivity index is 1.96. The average Bonchev–Trinajstić information content (AvgIpc) is 2.46. The number of rotatable bonds is 5. The van der Waals surface area contributed by atoms with Crippen molar-refractivity contribution >= 4 is 0 Å². The minimum Gasteiger partial charge on any atom is -0.507 e. The second-order valence-corrected chi connectivity index (χ2v) is 6.17. The Morgan fingerprint density at radius 1 is 1.30 bits per heavy atom. The van der Waals surface area contributed by atoms with E-state index in [9.17, 15) is 5.11 Å². The number of ether oxygens (including phenoxy) is 1. The maximum Gasteiger partial charge on any atom is 0.123 e. The van der Waals surface area contributed by atoms with Crippen molar-refractivity contribution in [3.63, 3.8) is 0 Å². The first kappa shape index (κ1) is 15.2. The number of hydrogen-bond donors (Lipinski definition) is 2. The van der Waals surface area contributed by atoms with E-state index in [0.717, 1.165) is 23.9 Å². The molecule has 0 heterocycles. The summed E-state index contributed by atoms with van der Waals surface area (Å²) < 4.78 is 5.11. The van der Waals surface area contributed by atoms with Crippen molar-refractivity contribution in [2.24, 2.45) is 11.8 Å². The third-order valence-corrected chi connectivity index (χ3v) is 4.52. The Kier molecular flexibility index (Phi) is 5.30. The van der Waals surface area contributed by atoms with Gasteiger partial charge in [-0.25, -0.2) is 0 Å². The lowest BCUT2D eigenvalue weighted by Crippen LogP contribution is -2.40. The predicted octanol–water partition coefficient (Wildman–Crippen LogP) is 3.71. The lowest BCUT2D eigenvalue weighted by molar-refractivity contribution is 0.204. The molecule has 1 aliphatic rings. The van der Waals surface area contributed by atoms with Crippen LogP contribution in [-0.4, -0.2) is 18.3 Å². The van der Waals surface area contributed by atoms with Gasteiger partial charge in [0, 0.05) is 24.2 Å². The summed E-state index contributed by atoms with van der Waals surface area (Å²) in [6.45, 7) is 5.36. The van der Waals surface area contributed by atoms with E-state index in [2.05, 4.69) is 19.2 Å². The standard InChI is InChI=1S/C17H27NO2/c1-12(2)15-6-4-5-7-16(15)18-11-13-8-9-14(20-3)10-17(13)19/h8-10,12,15-16,18-19H,4-7,11H2,1-3H3. The van der Waals surface area contributed by atoms with E-state index in [4.69, 9.17) is 4.74 Å². The van der Waals surface area contributed by atoms with Gasteiger partial charge in [-0.2, -0.15) is 0 Å². The Bertz CT molecular complexity index is 431. The van der Waals surface area contributed by atoms with Crippen LogP contribution >= 0.6 is 0 Å². The second-order valence-electron chi connectivity index (χ2n) is 6.17. The molecule has 1 aromatic rings. The topological polar surface area (TPSA) is 41.5 Å². The summed E-state index contributed by atoms with van der Waals surface area (Å²) in [5.74, 6) is 2.49. The number of phenolic OH excluding ortho intramolecular Hbond substituents is 1. The number of methoxy groups -OCH3 is 1. The SMILES string of the molecule is COc1ccc(CNC2CCCCC2C(C)C)c(O)c1. The molecule has 3 nitrogen and oxygen atoms in total. The highest BCUT2D eigenvalue weighted by atomic mass is 16.5. The van der Waals surface area contributed by atoms with Gasteiger partial charge in [0.25, 0.3) is 0 Å². The van der Waals surface area contributed by atoms with Crippen LogP contribution in [0.2, 0.25) is 0 Å². The molecule has 20 heavy (non-hydrogen) atoms. The highest BCUT2D eigenvalue weighted by molar-refractivity contribution is 5.39. The highest BCUT2D eigenvalue weighted by Gasteiger charge is 2.27. The van der Waals surface area contributed by atoms with E-state index < -0.39 is 0 Å². The van der Waals surface area contributed by atoms with Gasteiger partial charge in [0.2, 0.25) is 0 Å². The van der Waals surface area contributed by atoms with Crippen LogP contribution < -0.4 is 10.1 Å². The van der Waals surface area contributed by atoms with Crippen molar-refractivity contribution in [3.05, 3.63) is 23.8 Å². The van der Waals surface area contributed by atoms with Gasteiger partial charge in [-0.15, -0.1) is 0 Å². The Labute approximate surface area is 122 Å². The van der Waals surface area contributed by atoms with Crippen molar-refractivity contribution in [1.82, 2.24) is 5.32 Å². The molecule has 1 aromatic carbocycles. The molecule has 0 bridgehead atoms. The fourth-order valence-corrected chi connectivity index (χ4v) is 3.27. The van der Waals surface area contributed by atoms with Crippen LogP contribution in [0.5, 0.6) is 11.5 Å². The fraction of sp³-hybridized carbons (Fsp3) is 0.647. The second kappa shape index (κ2) is 6.98. The molecule has 0 saturated heterocycles. The van der Waals surface area contributed by atoms with Crippen molar-refractivity contribution in [3.8, 4) is 11.5 Å². The molecule has 1 saturated carbocycles. The maximum atomic E-state index is 10.0. The zero-order chi connectivity index (χ0) is 14.5. The number of hydrogen-bond acceptors (Lipinski definition) is 3. The van der Waals surface area contributed by atoms with Crippen LogP contribution in [-0.2, 0) is 6.54 Å². The molecule has 3 heteroatoms. The zero-order valence-electron chi connectivity index (χ0n) is 12.9. The lowest BCUT2D eigenvalue weighted by atomic mass is 9.78. The lowest BCUT2D eigenvalue weighted by Gasteiger charge is -2.35. The van der Waals surface area contributed by atoms with E-state index >= 15 is 0 Å². The van der Waals surface area contributed by atoms with Gasteiger partial charge in [-0.05, 0) is 30.7 Å². The van der Waals surface area contributed by atoms with Gasteiger partial charge in [0.1, 0.15) is 11.5 Å². The molecule has 0 aromatic heterocycles. The Hall–Kier alpha value is -1.22. The zero-order valence-corrected chi connectivity index (χ0v) is 12.9. The summed E-state index contributed by atoms with van der Waals surface area (Å²) >= 11 is 0. The van der Waals surface area contributed by atoms with Crippen LogP contribution in [0, 0.1) is 11.8 Å². The van der Waals surface area contributed by atoms with Crippen molar-refractivity contribution in [2.75, 3.05) is 7.11 Å². The van der Waals surface area contributed by atoms with Gasteiger partial charge >= 0.3 is 0 Å². The van der Waals surface area contributed by atoms with Crippen LogP contribution in [0.4, 0.5) is 0 Å². The molecule has 0 amide bonds. The molecule has 0 radical (unpaired) electrons. The maximum absolute atomic E-state index is 10.0. The van der Waals surface area contributed by atoms with Gasteiger partial charge in [0.05, 0.1) is 7.11 Å². The molecule has 1 aliphatic carbocycles. The first-order valence-electron chi connectivity index (χ1n) is 7.71. The molecular formula is C17H27NO2. The van der Waals surface area contributed by atoms with E-state index in [1.165, 1.54) is 25.7 Å². The Morgan fingerprint density at radius 3 is 2.70 bits per heavy atom. The molecule has 2 unspecified atom stereocenters. The third kappa shape index (κ3) is 3.66. The summed E-state index contributed by atoms with van der Waals surface area (Å²) in [4.78, 5) is 0.